The molecular weight excluding hydrogens is 218 g/mol. The quantitative estimate of drug-likeness (QED) is 0.756. The van der Waals surface area contributed by atoms with Crippen molar-refractivity contribution in [2.75, 3.05) is 0 Å². The summed E-state index contributed by atoms with van der Waals surface area (Å²) in [6.45, 7) is 0. The number of hydrogen-bond acceptors (Lipinski definition) is 3. The normalized spacial score (nSPS) is 9.69. The molecule has 0 aliphatic rings. The maximum absolute atomic E-state index is 11.9. The monoisotopic (exact) mass is 227 g/mol. The third-order valence-electron chi connectivity index (χ3n) is 2.24. The van der Waals surface area contributed by atoms with E-state index in [1.807, 2.05) is 29.6 Å². The summed E-state index contributed by atoms with van der Waals surface area (Å²) in [5.41, 5.74) is 1.61. The first kappa shape index (κ1) is 10.6. The summed E-state index contributed by atoms with van der Waals surface area (Å²) >= 11 is 1.44. The first-order chi connectivity index (χ1) is 7.81. The molecule has 0 bridgehead atoms. The van der Waals surface area contributed by atoms with Crippen molar-refractivity contribution in [2.24, 2.45) is 0 Å². The van der Waals surface area contributed by atoms with Crippen molar-refractivity contribution in [3.05, 3.63) is 57.8 Å². The van der Waals surface area contributed by atoms with E-state index >= 15 is 0 Å². The van der Waals surface area contributed by atoms with E-state index in [1.165, 1.54) is 11.3 Å². The Balaban J connectivity index is 2.23. The van der Waals surface area contributed by atoms with E-state index in [2.05, 4.69) is 6.07 Å². The summed E-state index contributed by atoms with van der Waals surface area (Å²) in [5.74, 6) is 0.0403. The van der Waals surface area contributed by atoms with Crippen LogP contribution >= 0.6 is 11.3 Å². The van der Waals surface area contributed by atoms with Gasteiger partial charge in [0.05, 0.1) is 17.4 Å². The molecule has 2 nitrogen and oxygen atoms in total. The lowest BCUT2D eigenvalue weighted by atomic mass is 10.1. The molecule has 0 saturated carbocycles. The fourth-order valence-electron chi connectivity index (χ4n) is 1.42. The molecule has 1 aromatic heterocycles. The van der Waals surface area contributed by atoms with Gasteiger partial charge < -0.3 is 0 Å². The molecule has 16 heavy (non-hydrogen) atoms. The number of rotatable bonds is 3. The van der Waals surface area contributed by atoms with Gasteiger partial charge in [-0.1, -0.05) is 30.3 Å². The van der Waals surface area contributed by atoms with Crippen LogP contribution in [0, 0.1) is 11.3 Å². The molecule has 3 heteroatoms. The number of nitriles is 1. The van der Waals surface area contributed by atoms with Crippen LogP contribution in [0.25, 0.3) is 0 Å². The lowest BCUT2D eigenvalue weighted by Gasteiger charge is -1.99. The minimum Gasteiger partial charge on any atom is -0.288 e. The Morgan fingerprint density at radius 3 is 2.56 bits per heavy atom. The van der Waals surface area contributed by atoms with Crippen LogP contribution in [-0.2, 0) is 6.42 Å². The molecule has 0 N–H and O–H groups in total. The number of hydrogen-bond donors (Lipinski definition) is 0. The zero-order valence-corrected chi connectivity index (χ0v) is 9.33. The highest BCUT2D eigenvalue weighted by atomic mass is 32.1. The smallest absolute Gasteiger partial charge is 0.202 e. The van der Waals surface area contributed by atoms with Crippen LogP contribution in [0.3, 0.4) is 0 Å². The Morgan fingerprint density at radius 2 is 2.00 bits per heavy atom. The lowest BCUT2D eigenvalue weighted by molar-refractivity contribution is 0.104. The van der Waals surface area contributed by atoms with Crippen molar-refractivity contribution in [3.8, 4) is 6.07 Å². The molecule has 0 saturated heterocycles. The second kappa shape index (κ2) is 4.73. The third kappa shape index (κ3) is 2.18. The van der Waals surface area contributed by atoms with E-state index in [9.17, 15) is 4.79 Å². The fourth-order valence-corrected chi connectivity index (χ4v) is 2.10. The van der Waals surface area contributed by atoms with Crippen molar-refractivity contribution in [2.45, 2.75) is 6.42 Å². The standard InChI is InChI=1S/C13H9NOS/c14-8-7-10-3-5-11(6-4-10)13(15)12-2-1-9-16-12/h1-6,9H,7H2. The summed E-state index contributed by atoms with van der Waals surface area (Å²) in [6, 6.07) is 12.9. The Labute approximate surface area is 97.8 Å². The molecule has 0 aliphatic carbocycles. The number of nitrogens with zero attached hydrogens (tertiary/aromatic N) is 1. The van der Waals surface area contributed by atoms with E-state index < -0.39 is 0 Å². The van der Waals surface area contributed by atoms with Crippen molar-refractivity contribution in [1.29, 1.82) is 5.26 Å². The summed E-state index contributed by atoms with van der Waals surface area (Å²) in [5, 5.41) is 10.4. The molecule has 0 radical (unpaired) electrons. The zero-order valence-electron chi connectivity index (χ0n) is 8.51. The number of thiophene rings is 1. The highest BCUT2D eigenvalue weighted by Crippen LogP contribution is 2.15. The number of benzene rings is 1. The topological polar surface area (TPSA) is 40.9 Å². The molecule has 0 aliphatic heterocycles. The van der Waals surface area contributed by atoms with Gasteiger partial charge >= 0.3 is 0 Å². The molecule has 2 rings (SSSR count). The predicted molar refractivity (Wildman–Crippen MR) is 63.5 cm³/mol. The third-order valence-corrected chi connectivity index (χ3v) is 3.11. The van der Waals surface area contributed by atoms with Gasteiger partial charge in [-0.3, -0.25) is 4.79 Å². The maximum atomic E-state index is 11.9. The summed E-state index contributed by atoms with van der Waals surface area (Å²) in [7, 11) is 0. The van der Waals surface area contributed by atoms with Crippen LogP contribution in [0.15, 0.2) is 41.8 Å². The average molecular weight is 227 g/mol. The van der Waals surface area contributed by atoms with Gasteiger partial charge in [0.2, 0.25) is 5.78 Å². The van der Waals surface area contributed by atoms with Gasteiger partial charge in [-0.05, 0) is 17.0 Å². The average Bonchev–Trinajstić information content (AvgIpc) is 2.83. The highest BCUT2D eigenvalue weighted by molar-refractivity contribution is 7.12. The predicted octanol–water partition coefficient (Wildman–Crippen LogP) is 3.05. The molecular formula is C13H9NOS. The van der Waals surface area contributed by atoms with Gasteiger partial charge in [0.15, 0.2) is 0 Å². The van der Waals surface area contributed by atoms with Crippen LogP contribution in [0.1, 0.15) is 20.8 Å². The van der Waals surface area contributed by atoms with Crippen LogP contribution in [0.4, 0.5) is 0 Å². The Morgan fingerprint density at radius 1 is 1.25 bits per heavy atom. The number of carbonyl (C=O) groups is 1. The van der Waals surface area contributed by atoms with Gasteiger partial charge in [-0.25, -0.2) is 0 Å². The summed E-state index contributed by atoms with van der Waals surface area (Å²) in [4.78, 5) is 12.7. The molecule has 78 valence electrons. The Bertz CT molecular complexity index is 520. The largest absolute Gasteiger partial charge is 0.288 e. The summed E-state index contributed by atoms with van der Waals surface area (Å²) in [6.07, 6.45) is 0.382. The minimum atomic E-state index is 0.0403. The SMILES string of the molecule is N#CCc1ccc(C(=O)c2cccs2)cc1. The minimum absolute atomic E-state index is 0.0403. The van der Waals surface area contributed by atoms with E-state index in [-0.39, 0.29) is 5.78 Å². The molecule has 0 fully saturated rings. The summed E-state index contributed by atoms with van der Waals surface area (Å²) < 4.78 is 0. The maximum Gasteiger partial charge on any atom is 0.202 e. The van der Waals surface area contributed by atoms with Crippen LogP contribution in [0.2, 0.25) is 0 Å². The van der Waals surface area contributed by atoms with Crippen molar-refractivity contribution < 1.29 is 4.79 Å². The number of ketones is 1. The fraction of sp³-hybridized carbons (Fsp3) is 0.0769. The van der Waals surface area contributed by atoms with Crippen LogP contribution < -0.4 is 0 Å². The van der Waals surface area contributed by atoms with Crippen molar-refractivity contribution in [1.82, 2.24) is 0 Å². The van der Waals surface area contributed by atoms with Gasteiger partial charge in [0, 0.05) is 5.56 Å². The van der Waals surface area contributed by atoms with Crippen molar-refractivity contribution in [3.63, 3.8) is 0 Å². The molecule has 0 atom stereocenters. The van der Waals surface area contributed by atoms with Crippen molar-refractivity contribution >= 4 is 17.1 Å². The van der Waals surface area contributed by atoms with Crippen LogP contribution in [-0.4, -0.2) is 5.78 Å². The molecule has 2 aromatic rings. The first-order valence-electron chi connectivity index (χ1n) is 4.85. The Hall–Kier alpha value is -1.92. The van der Waals surface area contributed by atoms with E-state index in [4.69, 9.17) is 5.26 Å². The van der Waals surface area contributed by atoms with Gasteiger partial charge in [0.25, 0.3) is 0 Å². The van der Waals surface area contributed by atoms with E-state index in [1.54, 1.807) is 12.1 Å². The van der Waals surface area contributed by atoms with Gasteiger partial charge in [-0.15, -0.1) is 11.3 Å². The van der Waals surface area contributed by atoms with Crippen LogP contribution in [0.5, 0.6) is 0 Å². The first-order valence-corrected chi connectivity index (χ1v) is 5.73. The second-order valence-electron chi connectivity index (χ2n) is 3.34. The highest BCUT2D eigenvalue weighted by Gasteiger charge is 2.09. The van der Waals surface area contributed by atoms with Gasteiger partial charge in [0.1, 0.15) is 0 Å². The molecule has 1 aromatic carbocycles. The number of carbonyl (C=O) groups excluding carboxylic acids is 1. The molecule has 0 spiro atoms. The van der Waals surface area contributed by atoms with Gasteiger partial charge in [-0.2, -0.15) is 5.26 Å². The molecule has 0 unspecified atom stereocenters. The van der Waals surface area contributed by atoms with E-state index in [0.717, 1.165) is 10.4 Å². The van der Waals surface area contributed by atoms with E-state index in [0.29, 0.717) is 12.0 Å². The zero-order chi connectivity index (χ0) is 11.4. The molecule has 0 amide bonds. The lowest BCUT2D eigenvalue weighted by Crippen LogP contribution is -1.98. The Kier molecular flexibility index (Phi) is 3.13. The molecule has 1 heterocycles. The second-order valence-corrected chi connectivity index (χ2v) is 4.29.